The number of nitriles is 1. The largest absolute Gasteiger partial charge is 0.496 e. The molecular formula is C29H30F2N4O6. The van der Waals surface area contributed by atoms with Crippen LogP contribution in [0, 0.1) is 23.0 Å². The summed E-state index contributed by atoms with van der Waals surface area (Å²) in [7, 11) is 1.60. The number of nitrogens with one attached hydrogen (secondary N) is 1. The van der Waals surface area contributed by atoms with Gasteiger partial charge < -0.3 is 19.9 Å². The van der Waals surface area contributed by atoms with Crippen molar-refractivity contribution < 1.29 is 37.7 Å². The number of rotatable bonds is 6. The molecule has 1 aliphatic carbocycles. The number of hydrogen-bond donors (Lipinski definition) is 2. The third-order valence-corrected chi connectivity index (χ3v) is 8.45. The van der Waals surface area contributed by atoms with E-state index in [2.05, 4.69) is 16.3 Å². The summed E-state index contributed by atoms with van der Waals surface area (Å²) in [6.07, 6.45) is 0.522. The Labute approximate surface area is 235 Å². The first-order valence-corrected chi connectivity index (χ1v) is 13.4. The smallest absolute Gasteiger partial charge is 0.419 e. The Bertz CT molecular complexity index is 1390. The van der Waals surface area contributed by atoms with Gasteiger partial charge in [0.2, 0.25) is 6.10 Å². The van der Waals surface area contributed by atoms with Crippen LogP contribution in [-0.4, -0.2) is 71.4 Å². The van der Waals surface area contributed by atoms with Crippen molar-refractivity contribution in [2.24, 2.45) is 0 Å². The molecule has 1 saturated carbocycles. The normalized spacial score (nSPS) is 28.1. The van der Waals surface area contributed by atoms with Crippen LogP contribution in [-0.2, 0) is 14.9 Å². The first-order valence-electron chi connectivity index (χ1n) is 13.4. The second-order valence-corrected chi connectivity index (χ2v) is 10.7. The van der Waals surface area contributed by atoms with E-state index in [1.54, 1.807) is 7.11 Å². The highest BCUT2D eigenvalue weighted by Crippen LogP contribution is 2.44. The van der Waals surface area contributed by atoms with Gasteiger partial charge in [-0.3, -0.25) is 4.90 Å². The number of urea groups is 1. The molecule has 0 spiro atoms. The Morgan fingerprint density at radius 3 is 2.54 bits per heavy atom. The average Bonchev–Trinajstić information content (AvgIpc) is 3.58. The van der Waals surface area contributed by atoms with E-state index >= 15 is 0 Å². The molecule has 3 fully saturated rings. The molecule has 0 unspecified atom stereocenters. The van der Waals surface area contributed by atoms with Gasteiger partial charge in [0.1, 0.15) is 11.8 Å². The van der Waals surface area contributed by atoms with E-state index in [9.17, 15) is 33.5 Å². The zero-order chi connectivity index (χ0) is 29.3. The van der Waals surface area contributed by atoms with Gasteiger partial charge in [-0.25, -0.2) is 28.1 Å². The van der Waals surface area contributed by atoms with E-state index in [-0.39, 0.29) is 17.6 Å². The molecule has 2 N–H and O–H groups in total. The maximum Gasteiger partial charge on any atom is 0.419 e. The van der Waals surface area contributed by atoms with Crippen LogP contribution < -0.4 is 10.1 Å². The molecule has 0 radical (unpaired) electrons. The molecule has 0 aromatic heterocycles. The van der Waals surface area contributed by atoms with E-state index in [4.69, 9.17) is 9.47 Å². The van der Waals surface area contributed by atoms with Crippen molar-refractivity contribution in [2.45, 2.75) is 61.7 Å². The van der Waals surface area contributed by atoms with E-state index in [1.807, 2.05) is 24.3 Å². The molecule has 3 atom stereocenters. The number of likely N-dealkylation sites (tertiary alicyclic amines) is 1. The Balaban J connectivity index is 1.24. The average molecular weight is 569 g/mol. The van der Waals surface area contributed by atoms with Crippen LogP contribution in [0.4, 0.5) is 18.4 Å². The van der Waals surface area contributed by atoms with Crippen LogP contribution in [0.25, 0.3) is 0 Å². The number of para-hydroxylation sites is 1. The summed E-state index contributed by atoms with van der Waals surface area (Å²) >= 11 is 0. The lowest BCUT2D eigenvalue weighted by Crippen LogP contribution is -2.48. The molecule has 3 amide bonds. The molecule has 12 heteroatoms. The van der Waals surface area contributed by atoms with Crippen molar-refractivity contribution in [3.8, 4) is 11.8 Å². The number of carbonyl (C=O) groups excluding carboxylic acids is 2. The summed E-state index contributed by atoms with van der Waals surface area (Å²) in [6, 6.07) is 10.3. The Morgan fingerprint density at radius 1 is 1.15 bits per heavy atom. The van der Waals surface area contributed by atoms with Gasteiger partial charge in [0, 0.05) is 30.7 Å². The van der Waals surface area contributed by atoms with Gasteiger partial charge in [0.25, 0.3) is 0 Å². The number of cyclic esters (lactones) is 1. The third kappa shape index (κ3) is 5.29. The molecule has 216 valence electrons. The fourth-order valence-corrected chi connectivity index (χ4v) is 6.32. The fraction of sp³-hybridized carbons (Fsp3) is 0.448. The summed E-state index contributed by atoms with van der Waals surface area (Å²) in [5, 5.41) is 22.5. The lowest BCUT2D eigenvalue weighted by Gasteiger charge is -2.39. The van der Waals surface area contributed by atoms with Gasteiger partial charge in [-0.1, -0.05) is 24.3 Å². The maximum absolute atomic E-state index is 13.9. The van der Waals surface area contributed by atoms with Crippen LogP contribution in [0.1, 0.15) is 49.3 Å². The van der Waals surface area contributed by atoms with E-state index in [0.29, 0.717) is 43.0 Å². The predicted molar refractivity (Wildman–Crippen MR) is 140 cm³/mol. The summed E-state index contributed by atoms with van der Waals surface area (Å²) in [5.74, 6) is -3.21. The van der Waals surface area contributed by atoms with Crippen molar-refractivity contribution in [2.75, 3.05) is 20.2 Å². The summed E-state index contributed by atoms with van der Waals surface area (Å²) in [6.45, 7) is 1.20. The Hall–Kier alpha value is -4.24. The van der Waals surface area contributed by atoms with Crippen molar-refractivity contribution in [3.63, 3.8) is 0 Å². The summed E-state index contributed by atoms with van der Waals surface area (Å²) in [4.78, 5) is 40.4. The zero-order valence-electron chi connectivity index (χ0n) is 22.4. The predicted octanol–water partition coefficient (Wildman–Crippen LogP) is 4.11. The summed E-state index contributed by atoms with van der Waals surface area (Å²) < 4.78 is 37.9. The minimum absolute atomic E-state index is 0.0800. The van der Waals surface area contributed by atoms with E-state index in [0.717, 1.165) is 36.6 Å². The minimum Gasteiger partial charge on any atom is -0.496 e. The van der Waals surface area contributed by atoms with Crippen molar-refractivity contribution in [1.29, 1.82) is 5.26 Å². The molecule has 2 heterocycles. The van der Waals surface area contributed by atoms with Crippen LogP contribution in [0.2, 0.25) is 0 Å². The molecule has 2 saturated heterocycles. The number of amides is 3. The van der Waals surface area contributed by atoms with Gasteiger partial charge >= 0.3 is 18.1 Å². The number of hydrogen-bond acceptors (Lipinski definition) is 7. The standard InChI is InChI=1S/C29H30F2N4O6/c1-40-23-5-3-2-4-20(23)29(16-32)11-8-19(9-12-29)34-13-10-18(15-34)33-27(38)35-24(25(26(36)37)41-28(35)39)17-6-7-21(30)22(31)14-17/h2-7,14,18-19,24-25H,8-13,15H2,1H3,(H,33,38)(H,36,37)/t18-,19?,24+,25-,29?/m1/s1. The highest BCUT2D eigenvalue weighted by atomic mass is 19.2. The number of carboxylic acid groups (broad SMARTS) is 1. The van der Waals surface area contributed by atoms with Crippen molar-refractivity contribution in [3.05, 3.63) is 65.2 Å². The number of carbonyl (C=O) groups is 3. The molecule has 10 nitrogen and oxygen atoms in total. The number of aliphatic carboxylic acids is 1. The number of benzene rings is 2. The number of imide groups is 1. The molecule has 2 aromatic carbocycles. The van der Waals surface area contributed by atoms with Gasteiger partial charge in [-0.2, -0.15) is 5.26 Å². The lowest BCUT2D eigenvalue weighted by atomic mass is 9.68. The second-order valence-electron chi connectivity index (χ2n) is 10.7. The first kappa shape index (κ1) is 28.3. The summed E-state index contributed by atoms with van der Waals surface area (Å²) in [5.41, 5.74) is 0.175. The topological polar surface area (TPSA) is 132 Å². The highest BCUT2D eigenvalue weighted by molar-refractivity contribution is 5.96. The molecule has 2 aliphatic heterocycles. The van der Waals surface area contributed by atoms with E-state index < -0.39 is 47.3 Å². The van der Waals surface area contributed by atoms with Crippen LogP contribution in [0.15, 0.2) is 42.5 Å². The quantitative estimate of drug-likeness (QED) is 0.532. The number of halogens is 2. The highest BCUT2D eigenvalue weighted by Gasteiger charge is 2.51. The molecule has 3 aliphatic rings. The van der Waals surface area contributed by atoms with Crippen molar-refractivity contribution in [1.82, 2.24) is 15.1 Å². The lowest BCUT2D eigenvalue weighted by molar-refractivity contribution is -0.146. The number of ether oxygens (including phenoxy) is 2. The fourth-order valence-electron chi connectivity index (χ4n) is 6.32. The molecule has 0 bridgehead atoms. The monoisotopic (exact) mass is 568 g/mol. The van der Waals surface area contributed by atoms with Crippen LogP contribution >= 0.6 is 0 Å². The first-order chi connectivity index (χ1) is 19.7. The minimum atomic E-state index is -1.77. The second kappa shape index (κ2) is 11.3. The Kier molecular flexibility index (Phi) is 7.82. The molecular weight excluding hydrogens is 538 g/mol. The van der Waals surface area contributed by atoms with Crippen molar-refractivity contribution >= 4 is 18.1 Å². The van der Waals surface area contributed by atoms with Gasteiger partial charge in [-0.15, -0.1) is 0 Å². The number of nitrogens with zero attached hydrogens (tertiary/aromatic N) is 3. The molecule has 2 aromatic rings. The van der Waals surface area contributed by atoms with Crippen LogP contribution in [0.3, 0.4) is 0 Å². The number of carboxylic acids is 1. The molecule has 41 heavy (non-hydrogen) atoms. The number of methoxy groups -OCH3 is 1. The van der Waals surface area contributed by atoms with Gasteiger partial charge in [-0.05, 0) is 55.9 Å². The Morgan fingerprint density at radius 2 is 1.88 bits per heavy atom. The van der Waals surface area contributed by atoms with Gasteiger partial charge in [0.05, 0.1) is 18.6 Å². The van der Waals surface area contributed by atoms with Crippen LogP contribution in [0.5, 0.6) is 5.75 Å². The maximum atomic E-state index is 13.9. The van der Waals surface area contributed by atoms with Gasteiger partial charge in [0.15, 0.2) is 11.6 Å². The van der Waals surface area contributed by atoms with E-state index in [1.165, 1.54) is 0 Å². The molecule has 5 rings (SSSR count). The zero-order valence-corrected chi connectivity index (χ0v) is 22.4. The SMILES string of the molecule is COc1ccccc1C1(C#N)CCC(N2CC[C@@H](NC(=O)N3C(=O)O[C@@H](C(=O)O)[C@@H]3c3ccc(F)c(F)c3)C2)CC1. The third-order valence-electron chi connectivity index (χ3n) is 8.45.